The number of anilines is 1. The number of hydrogen-bond acceptors (Lipinski definition) is 5. The maximum atomic E-state index is 12.5. The Bertz CT molecular complexity index is 922. The van der Waals surface area contributed by atoms with Crippen LogP contribution >= 0.6 is 0 Å². The molecule has 138 valence electrons. The van der Waals surface area contributed by atoms with Crippen molar-refractivity contribution in [3.8, 4) is 0 Å². The second kappa shape index (κ2) is 6.60. The summed E-state index contributed by atoms with van der Waals surface area (Å²) in [6.45, 7) is 7.15. The van der Waals surface area contributed by atoms with E-state index >= 15 is 0 Å². The fourth-order valence-corrected chi connectivity index (χ4v) is 4.42. The minimum atomic E-state index is -3.79. The number of rotatable bonds is 7. The van der Waals surface area contributed by atoms with E-state index in [1.807, 2.05) is 0 Å². The van der Waals surface area contributed by atoms with Crippen LogP contribution in [0.5, 0.6) is 0 Å². The first kappa shape index (κ1) is 18.2. The van der Waals surface area contributed by atoms with Gasteiger partial charge in [-0.3, -0.25) is 9.52 Å². The fourth-order valence-electron chi connectivity index (χ4n) is 3.03. The number of benzene rings is 1. The molecule has 1 amide bonds. The monoisotopic (exact) mass is 375 g/mol. The Morgan fingerprint density at radius 1 is 1.31 bits per heavy atom. The van der Waals surface area contributed by atoms with Crippen molar-refractivity contribution in [3.63, 3.8) is 0 Å². The van der Waals surface area contributed by atoms with Crippen LogP contribution in [0, 0.1) is 13.8 Å². The highest BCUT2D eigenvalue weighted by atomic mass is 32.2. The average Bonchev–Trinajstić information content (AvgIpc) is 3.33. The standard InChI is InChI=1S/C18H21N3O4S/c1-4-11-19-17(22)18(9-10-18)14-5-7-15(8-6-14)21-26(23,24)16-12(2)20-25-13(16)3/h4-8,21H,1,9-11H2,2-3H3,(H,19,22). The molecule has 0 bridgehead atoms. The molecule has 1 aliphatic rings. The third-order valence-corrected chi connectivity index (χ3v) is 6.14. The van der Waals surface area contributed by atoms with Crippen LogP contribution in [-0.2, 0) is 20.2 Å². The average molecular weight is 375 g/mol. The molecule has 1 heterocycles. The van der Waals surface area contributed by atoms with E-state index in [1.165, 1.54) is 0 Å². The van der Waals surface area contributed by atoms with Gasteiger partial charge in [-0.05, 0) is 44.4 Å². The van der Waals surface area contributed by atoms with Gasteiger partial charge in [0, 0.05) is 12.2 Å². The normalized spacial score (nSPS) is 15.3. The van der Waals surface area contributed by atoms with Crippen LogP contribution < -0.4 is 10.0 Å². The molecule has 0 radical (unpaired) electrons. The Hall–Kier alpha value is -2.61. The van der Waals surface area contributed by atoms with Crippen LogP contribution in [0.4, 0.5) is 5.69 Å². The highest BCUT2D eigenvalue weighted by Gasteiger charge is 2.50. The van der Waals surface area contributed by atoms with Gasteiger partial charge in [-0.25, -0.2) is 8.42 Å². The largest absolute Gasteiger partial charge is 0.360 e. The Kier molecular flexibility index (Phi) is 4.62. The number of sulfonamides is 1. The maximum Gasteiger partial charge on any atom is 0.267 e. The van der Waals surface area contributed by atoms with Gasteiger partial charge in [0.1, 0.15) is 5.69 Å². The Morgan fingerprint density at radius 2 is 1.96 bits per heavy atom. The summed E-state index contributed by atoms with van der Waals surface area (Å²) < 4.78 is 32.5. The second-order valence-electron chi connectivity index (χ2n) is 6.42. The van der Waals surface area contributed by atoms with Crippen molar-refractivity contribution in [1.82, 2.24) is 10.5 Å². The van der Waals surface area contributed by atoms with E-state index in [4.69, 9.17) is 4.52 Å². The Labute approximate surface area is 152 Å². The van der Waals surface area contributed by atoms with Gasteiger partial charge < -0.3 is 9.84 Å². The van der Waals surface area contributed by atoms with Crippen molar-refractivity contribution in [1.29, 1.82) is 0 Å². The predicted octanol–water partition coefficient (Wildman–Crippen LogP) is 2.43. The Morgan fingerprint density at radius 3 is 2.46 bits per heavy atom. The molecule has 1 saturated carbocycles. The van der Waals surface area contributed by atoms with Crippen molar-refractivity contribution in [2.75, 3.05) is 11.3 Å². The number of nitrogens with zero attached hydrogens (tertiary/aromatic N) is 1. The summed E-state index contributed by atoms with van der Waals surface area (Å²) in [5, 5.41) is 6.51. The van der Waals surface area contributed by atoms with Crippen LogP contribution in [0.2, 0.25) is 0 Å². The summed E-state index contributed by atoms with van der Waals surface area (Å²) in [6, 6.07) is 6.88. The molecule has 3 rings (SSSR count). The molecule has 0 spiro atoms. The Balaban J connectivity index is 1.78. The number of carbonyl (C=O) groups is 1. The molecule has 1 aliphatic carbocycles. The molecule has 1 aromatic heterocycles. The van der Waals surface area contributed by atoms with E-state index in [0.29, 0.717) is 17.9 Å². The minimum absolute atomic E-state index is 0.0264. The molecular formula is C18H21N3O4S. The van der Waals surface area contributed by atoms with Crippen LogP contribution in [0.1, 0.15) is 29.9 Å². The van der Waals surface area contributed by atoms with E-state index in [1.54, 1.807) is 44.2 Å². The zero-order chi connectivity index (χ0) is 18.9. The topological polar surface area (TPSA) is 101 Å². The lowest BCUT2D eigenvalue weighted by Gasteiger charge is -2.16. The molecule has 1 fully saturated rings. The van der Waals surface area contributed by atoms with Crippen LogP contribution in [0.3, 0.4) is 0 Å². The molecule has 0 atom stereocenters. The molecule has 0 unspecified atom stereocenters. The highest BCUT2D eigenvalue weighted by molar-refractivity contribution is 7.92. The van der Waals surface area contributed by atoms with Gasteiger partial charge in [-0.2, -0.15) is 0 Å². The summed E-state index contributed by atoms with van der Waals surface area (Å²) in [7, 11) is -3.79. The van der Waals surface area contributed by atoms with Crippen molar-refractivity contribution in [2.45, 2.75) is 37.0 Å². The molecule has 0 aliphatic heterocycles. The number of aromatic nitrogens is 1. The van der Waals surface area contributed by atoms with Gasteiger partial charge in [0.15, 0.2) is 10.7 Å². The van der Waals surface area contributed by atoms with E-state index in [0.717, 1.165) is 18.4 Å². The van der Waals surface area contributed by atoms with Crippen LogP contribution in [0.25, 0.3) is 0 Å². The molecule has 1 aromatic carbocycles. The summed E-state index contributed by atoms with van der Waals surface area (Å²) in [6.07, 6.45) is 3.20. The van der Waals surface area contributed by atoms with Gasteiger partial charge in [0.05, 0.1) is 5.41 Å². The summed E-state index contributed by atoms with van der Waals surface area (Å²) in [4.78, 5) is 12.4. The van der Waals surface area contributed by atoms with Crippen molar-refractivity contribution < 1.29 is 17.7 Å². The first-order valence-corrected chi connectivity index (χ1v) is 9.74. The molecule has 26 heavy (non-hydrogen) atoms. The van der Waals surface area contributed by atoms with Crippen LogP contribution in [-0.4, -0.2) is 26.0 Å². The number of carbonyl (C=O) groups excluding carboxylic acids is 1. The zero-order valence-corrected chi connectivity index (χ0v) is 15.5. The SMILES string of the molecule is C=CCNC(=O)C1(c2ccc(NS(=O)(=O)c3c(C)noc3C)cc2)CC1. The second-order valence-corrected chi connectivity index (χ2v) is 8.04. The lowest BCUT2D eigenvalue weighted by atomic mass is 9.95. The zero-order valence-electron chi connectivity index (χ0n) is 14.7. The highest BCUT2D eigenvalue weighted by Crippen LogP contribution is 2.48. The van der Waals surface area contributed by atoms with Crippen LogP contribution in [0.15, 0.2) is 46.3 Å². The van der Waals surface area contributed by atoms with Gasteiger partial charge in [-0.15, -0.1) is 6.58 Å². The molecule has 7 nitrogen and oxygen atoms in total. The van der Waals surface area contributed by atoms with E-state index in [9.17, 15) is 13.2 Å². The van der Waals surface area contributed by atoms with Crippen molar-refractivity contribution in [2.24, 2.45) is 0 Å². The smallest absolute Gasteiger partial charge is 0.267 e. The third-order valence-electron chi connectivity index (χ3n) is 4.52. The predicted molar refractivity (Wildman–Crippen MR) is 97.3 cm³/mol. The van der Waals surface area contributed by atoms with Gasteiger partial charge in [0.2, 0.25) is 5.91 Å². The number of amides is 1. The molecule has 8 heteroatoms. The lowest BCUT2D eigenvalue weighted by Crippen LogP contribution is -2.34. The summed E-state index contributed by atoms with van der Waals surface area (Å²) in [5.41, 5.74) is 1.08. The quantitative estimate of drug-likeness (QED) is 0.724. The molecule has 2 aromatic rings. The van der Waals surface area contributed by atoms with Gasteiger partial charge in [-0.1, -0.05) is 23.4 Å². The van der Waals surface area contributed by atoms with Gasteiger partial charge >= 0.3 is 0 Å². The first-order valence-electron chi connectivity index (χ1n) is 8.25. The van der Waals surface area contributed by atoms with E-state index in [2.05, 4.69) is 21.8 Å². The summed E-state index contributed by atoms with van der Waals surface area (Å²) in [5.74, 6) is 0.212. The number of aryl methyl sites for hydroxylation is 2. The molecule has 2 N–H and O–H groups in total. The lowest BCUT2D eigenvalue weighted by molar-refractivity contribution is -0.123. The third kappa shape index (κ3) is 3.24. The van der Waals surface area contributed by atoms with Crippen molar-refractivity contribution in [3.05, 3.63) is 53.9 Å². The fraction of sp³-hybridized carbons (Fsp3) is 0.333. The number of hydrogen-bond donors (Lipinski definition) is 2. The van der Waals surface area contributed by atoms with E-state index in [-0.39, 0.29) is 16.6 Å². The first-order chi connectivity index (χ1) is 12.3. The summed E-state index contributed by atoms with van der Waals surface area (Å²) >= 11 is 0. The maximum absolute atomic E-state index is 12.5. The van der Waals surface area contributed by atoms with E-state index < -0.39 is 15.4 Å². The van der Waals surface area contributed by atoms with Crippen molar-refractivity contribution >= 4 is 21.6 Å². The minimum Gasteiger partial charge on any atom is -0.360 e. The number of nitrogens with one attached hydrogen (secondary N) is 2. The molecular weight excluding hydrogens is 354 g/mol. The molecule has 0 saturated heterocycles. The van der Waals surface area contributed by atoms with Gasteiger partial charge in [0.25, 0.3) is 10.0 Å².